The lowest BCUT2D eigenvalue weighted by atomic mass is 10.1. The lowest BCUT2D eigenvalue weighted by Gasteiger charge is -2.10. The number of ether oxygens (including phenoxy) is 2. The third-order valence-electron chi connectivity index (χ3n) is 4.87. The molecule has 2 aromatic carbocycles. The van der Waals surface area contributed by atoms with Crippen LogP contribution < -0.4 is 20.8 Å². The second kappa shape index (κ2) is 9.72. The summed E-state index contributed by atoms with van der Waals surface area (Å²) in [5, 5.41) is 0.781. The van der Waals surface area contributed by atoms with E-state index in [0.29, 0.717) is 29.3 Å². The third-order valence-corrected chi connectivity index (χ3v) is 4.87. The maximum absolute atomic E-state index is 12.3. The van der Waals surface area contributed by atoms with Crippen molar-refractivity contribution in [2.75, 3.05) is 6.54 Å². The predicted octanol–water partition coefficient (Wildman–Crippen LogP) is 4.53. The quantitative estimate of drug-likeness (QED) is 0.425. The molecule has 166 valence electrons. The van der Waals surface area contributed by atoms with Crippen molar-refractivity contribution >= 4 is 29.3 Å². The SMILES string of the molecule is Cc1c(-c2cc3cc(OCc4ccccc4)ccc3o2)oc(=O)c(C)c1OC(=O)CN.Cl. The van der Waals surface area contributed by atoms with Gasteiger partial charge in [-0.05, 0) is 43.7 Å². The van der Waals surface area contributed by atoms with Gasteiger partial charge >= 0.3 is 11.6 Å². The zero-order valence-electron chi connectivity index (χ0n) is 17.5. The van der Waals surface area contributed by atoms with E-state index in [1.807, 2.05) is 42.5 Å². The number of hydrogen-bond acceptors (Lipinski definition) is 7. The van der Waals surface area contributed by atoms with Crippen LogP contribution in [0.25, 0.3) is 22.5 Å². The summed E-state index contributed by atoms with van der Waals surface area (Å²) < 4.78 is 22.4. The van der Waals surface area contributed by atoms with Crippen molar-refractivity contribution in [2.45, 2.75) is 20.5 Å². The van der Waals surface area contributed by atoms with Gasteiger partial charge in [0.15, 0.2) is 11.5 Å². The number of carbonyl (C=O) groups excluding carboxylic acids is 1. The Morgan fingerprint density at radius 1 is 1.00 bits per heavy atom. The Morgan fingerprint density at radius 2 is 1.75 bits per heavy atom. The molecule has 8 heteroatoms. The van der Waals surface area contributed by atoms with Gasteiger partial charge in [-0.2, -0.15) is 0 Å². The molecule has 4 rings (SSSR count). The molecule has 32 heavy (non-hydrogen) atoms. The minimum absolute atomic E-state index is 0. The first-order valence-corrected chi connectivity index (χ1v) is 9.72. The molecule has 2 aromatic heterocycles. The van der Waals surface area contributed by atoms with Crippen molar-refractivity contribution in [3.63, 3.8) is 0 Å². The van der Waals surface area contributed by atoms with Gasteiger partial charge in [0.2, 0.25) is 0 Å². The van der Waals surface area contributed by atoms with Crippen molar-refractivity contribution in [1.29, 1.82) is 0 Å². The van der Waals surface area contributed by atoms with Gasteiger partial charge in [-0.1, -0.05) is 30.3 Å². The number of halogens is 1. The molecule has 2 N–H and O–H groups in total. The van der Waals surface area contributed by atoms with Gasteiger partial charge in [0.05, 0.1) is 12.1 Å². The van der Waals surface area contributed by atoms with E-state index in [1.165, 1.54) is 6.92 Å². The molecule has 0 aliphatic heterocycles. The van der Waals surface area contributed by atoms with E-state index in [0.717, 1.165) is 10.9 Å². The monoisotopic (exact) mass is 455 g/mol. The molecule has 0 unspecified atom stereocenters. The molecule has 0 aliphatic carbocycles. The van der Waals surface area contributed by atoms with Crippen molar-refractivity contribution < 1.29 is 23.1 Å². The second-order valence-electron chi connectivity index (χ2n) is 7.06. The summed E-state index contributed by atoms with van der Waals surface area (Å²) in [5.74, 6) is 0.707. The number of esters is 1. The first-order chi connectivity index (χ1) is 15.0. The van der Waals surface area contributed by atoms with Gasteiger partial charge in [-0.15, -0.1) is 12.4 Å². The van der Waals surface area contributed by atoms with Crippen LogP contribution in [0.3, 0.4) is 0 Å². The highest BCUT2D eigenvalue weighted by atomic mass is 35.5. The summed E-state index contributed by atoms with van der Waals surface area (Å²) in [6.07, 6.45) is 0. The minimum Gasteiger partial charge on any atom is -0.489 e. The fourth-order valence-corrected chi connectivity index (χ4v) is 3.23. The summed E-state index contributed by atoms with van der Waals surface area (Å²) >= 11 is 0. The second-order valence-corrected chi connectivity index (χ2v) is 7.06. The Morgan fingerprint density at radius 3 is 2.47 bits per heavy atom. The topological polar surface area (TPSA) is 105 Å². The standard InChI is InChI=1S/C24H21NO6.ClH/c1-14-22(30-21(26)12-25)15(2)24(27)31-23(14)20-11-17-10-18(8-9-19(17)29-20)28-13-16-6-4-3-5-7-16;/h3-11H,12-13,25H2,1-2H3;1H. The maximum atomic E-state index is 12.3. The summed E-state index contributed by atoms with van der Waals surface area (Å²) in [5.41, 5.74) is 7.04. The number of furan rings is 1. The molecule has 0 atom stereocenters. The number of carbonyl (C=O) groups is 1. The highest BCUT2D eigenvalue weighted by molar-refractivity contribution is 5.85. The average molecular weight is 456 g/mol. The highest BCUT2D eigenvalue weighted by Gasteiger charge is 2.21. The van der Waals surface area contributed by atoms with Crippen LogP contribution in [0.4, 0.5) is 0 Å². The molecule has 2 heterocycles. The number of hydrogen-bond donors (Lipinski definition) is 1. The van der Waals surface area contributed by atoms with Gasteiger partial charge in [-0.25, -0.2) is 4.79 Å². The van der Waals surface area contributed by atoms with E-state index >= 15 is 0 Å². The number of rotatable bonds is 6. The van der Waals surface area contributed by atoms with Crippen LogP contribution in [0.1, 0.15) is 16.7 Å². The maximum Gasteiger partial charge on any atom is 0.343 e. The smallest absolute Gasteiger partial charge is 0.343 e. The summed E-state index contributed by atoms with van der Waals surface area (Å²) in [7, 11) is 0. The van der Waals surface area contributed by atoms with Crippen molar-refractivity contribution in [1.82, 2.24) is 0 Å². The molecular weight excluding hydrogens is 434 g/mol. The van der Waals surface area contributed by atoms with Crippen LogP contribution in [0, 0.1) is 13.8 Å². The van der Waals surface area contributed by atoms with E-state index in [4.69, 9.17) is 24.0 Å². The number of fused-ring (bicyclic) bond motifs is 1. The molecule has 4 aromatic rings. The Hall–Kier alpha value is -3.55. The predicted molar refractivity (Wildman–Crippen MR) is 122 cm³/mol. The summed E-state index contributed by atoms with van der Waals surface area (Å²) in [6, 6.07) is 17.1. The van der Waals surface area contributed by atoms with Crippen LogP contribution >= 0.6 is 12.4 Å². The molecular formula is C24H22ClNO6. The average Bonchev–Trinajstić information content (AvgIpc) is 3.21. The molecule has 0 spiro atoms. The largest absolute Gasteiger partial charge is 0.489 e. The summed E-state index contributed by atoms with van der Waals surface area (Å²) in [4.78, 5) is 24.0. The van der Waals surface area contributed by atoms with E-state index in [2.05, 4.69) is 0 Å². The van der Waals surface area contributed by atoms with Gasteiger partial charge in [0.1, 0.15) is 23.7 Å². The van der Waals surface area contributed by atoms with Crippen molar-refractivity contribution in [3.05, 3.63) is 81.7 Å². The number of nitrogens with two attached hydrogens (primary N) is 1. The molecule has 0 radical (unpaired) electrons. The zero-order valence-corrected chi connectivity index (χ0v) is 18.4. The van der Waals surface area contributed by atoms with Gasteiger partial charge in [-0.3, -0.25) is 4.79 Å². The normalized spacial score (nSPS) is 10.6. The summed E-state index contributed by atoms with van der Waals surface area (Å²) in [6.45, 7) is 3.35. The third kappa shape index (κ3) is 4.69. The van der Waals surface area contributed by atoms with Crippen LogP contribution in [0.15, 0.2) is 68.2 Å². The Labute approximate surface area is 190 Å². The van der Waals surface area contributed by atoms with E-state index in [-0.39, 0.29) is 36.0 Å². The molecule has 0 aliphatic rings. The van der Waals surface area contributed by atoms with Crippen molar-refractivity contribution in [3.8, 4) is 23.0 Å². The molecule has 0 fully saturated rings. The fourth-order valence-electron chi connectivity index (χ4n) is 3.23. The van der Waals surface area contributed by atoms with Crippen LogP contribution in [0.5, 0.6) is 11.5 Å². The van der Waals surface area contributed by atoms with Crippen LogP contribution in [-0.4, -0.2) is 12.5 Å². The van der Waals surface area contributed by atoms with E-state index in [1.54, 1.807) is 19.1 Å². The molecule has 0 amide bonds. The van der Waals surface area contributed by atoms with Gasteiger partial charge in [0.25, 0.3) is 0 Å². The Kier molecular flexibility index (Phi) is 7.02. The first-order valence-electron chi connectivity index (χ1n) is 9.72. The van der Waals surface area contributed by atoms with Gasteiger partial charge in [0, 0.05) is 10.9 Å². The molecule has 0 saturated carbocycles. The molecule has 7 nitrogen and oxygen atoms in total. The molecule has 0 bridgehead atoms. The lowest BCUT2D eigenvalue weighted by molar-refractivity contribution is -0.132. The van der Waals surface area contributed by atoms with Crippen LogP contribution in [-0.2, 0) is 11.4 Å². The van der Waals surface area contributed by atoms with E-state index in [9.17, 15) is 9.59 Å². The Bertz CT molecular complexity index is 1310. The highest BCUT2D eigenvalue weighted by Crippen LogP contribution is 2.35. The fraction of sp³-hybridized carbons (Fsp3) is 0.167. The van der Waals surface area contributed by atoms with Gasteiger partial charge < -0.3 is 24.0 Å². The minimum atomic E-state index is -0.646. The molecule has 0 saturated heterocycles. The lowest BCUT2D eigenvalue weighted by Crippen LogP contribution is -2.22. The van der Waals surface area contributed by atoms with E-state index < -0.39 is 11.6 Å². The van der Waals surface area contributed by atoms with Crippen LogP contribution in [0.2, 0.25) is 0 Å². The Balaban J connectivity index is 0.00000289. The number of benzene rings is 2. The first kappa shape index (κ1) is 23.1. The zero-order chi connectivity index (χ0) is 22.0. The van der Waals surface area contributed by atoms with Crippen molar-refractivity contribution in [2.24, 2.45) is 5.73 Å².